The Hall–Kier alpha value is -1.80. The van der Waals surface area contributed by atoms with E-state index in [1.165, 1.54) is 22.4 Å². The number of nitrogens with two attached hydrogens (primary N) is 1. The Morgan fingerprint density at radius 3 is 2.63 bits per heavy atom. The van der Waals surface area contributed by atoms with Crippen molar-refractivity contribution >= 4 is 5.69 Å². The van der Waals surface area contributed by atoms with Gasteiger partial charge in [0, 0.05) is 18.8 Å². The molecule has 0 unspecified atom stereocenters. The standard InChI is InChI=1S/C17H20N2/c18-11-9-15-7-4-8-16-10-12-19(17(15)16)13-14-5-2-1-3-6-14/h1-8H,9-13,18H2. The SMILES string of the molecule is NCCc1cccc2c1N(Cc1ccccc1)CC2. The normalized spacial score (nSPS) is 13.6. The van der Waals surface area contributed by atoms with Crippen LogP contribution in [0.3, 0.4) is 0 Å². The molecule has 98 valence electrons. The first-order valence-electron chi connectivity index (χ1n) is 6.98. The zero-order chi connectivity index (χ0) is 13.1. The molecular weight excluding hydrogens is 232 g/mol. The molecule has 2 N–H and O–H groups in total. The molecule has 1 aliphatic heterocycles. The van der Waals surface area contributed by atoms with E-state index in [1.54, 1.807) is 0 Å². The Labute approximate surface area is 114 Å². The molecule has 3 rings (SSSR count). The summed E-state index contributed by atoms with van der Waals surface area (Å²) in [6.07, 6.45) is 2.12. The van der Waals surface area contributed by atoms with Crippen molar-refractivity contribution in [3.63, 3.8) is 0 Å². The lowest BCUT2D eigenvalue weighted by Crippen LogP contribution is -2.21. The molecule has 0 atom stereocenters. The molecule has 0 aromatic heterocycles. The lowest BCUT2D eigenvalue weighted by atomic mass is 10.0. The molecule has 0 amide bonds. The van der Waals surface area contributed by atoms with E-state index in [9.17, 15) is 0 Å². The van der Waals surface area contributed by atoms with E-state index < -0.39 is 0 Å². The van der Waals surface area contributed by atoms with Gasteiger partial charge in [0.05, 0.1) is 0 Å². The third-order valence-electron chi connectivity index (χ3n) is 3.80. The van der Waals surface area contributed by atoms with E-state index >= 15 is 0 Å². The minimum Gasteiger partial charge on any atom is -0.366 e. The summed E-state index contributed by atoms with van der Waals surface area (Å²) in [4.78, 5) is 2.50. The first kappa shape index (κ1) is 12.2. The maximum Gasteiger partial charge on any atom is 0.0435 e. The maximum atomic E-state index is 5.73. The average Bonchev–Trinajstić information content (AvgIpc) is 2.85. The fraction of sp³-hybridized carbons (Fsp3) is 0.294. The molecule has 0 saturated heterocycles. The lowest BCUT2D eigenvalue weighted by Gasteiger charge is -2.22. The molecule has 0 bridgehead atoms. The highest BCUT2D eigenvalue weighted by molar-refractivity contribution is 5.63. The van der Waals surface area contributed by atoms with Crippen molar-refractivity contribution in [3.05, 3.63) is 65.2 Å². The molecule has 2 heteroatoms. The Morgan fingerprint density at radius 1 is 1.00 bits per heavy atom. The second-order valence-corrected chi connectivity index (χ2v) is 5.12. The average molecular weight is 252 g/mol. The Kier molecular flexibility index (Phi) is 3.51. The van der Waals surface area contributed by atoms with Gasteiger partial charge in [0.2, 0.25) is 0 Å². The van der Waals surface area contributed by atoms with Crippen molar-refractivity contribution in [1.29, 1.82) is 0 Å². The summed E-state index contributed by atoms with van der Waals surface area (Å²) in [6, 6.07) is 17.3. The summed E-state index contributed by atoms with van der Waals surface area (Å²) in [5.41, 5.74) is 11.4. The summed E-state index contributed by atoms with van der Waals surface area (Å²) in [6.45, 7) is 2.83. The number of para-hydroxylation sites is 1. The van der Waals surface area contributed by atoms with Gasteiger partial charge in [0.25, 0.3) is 0 Å². The van der Waals surface area contributed by atoms with Gasteiger partial charge in [-0.1, -0.05) is 48.5 Å². The quantitative estimate of drug-likeness (QED) is 0.906. The third-order valence-corrected chi connectivity index (χ3v) is 3.80. The molecule has 1 aliphatic rings. The Morgan fingerprint density at radius 2 is 1.84 bits per heavy atom. The highest BCUT2D eigenvalue weighted by Gasteiger charge is 2.21. The van der Waals surface area contributed by atoms with E-state index in [2.05, 4.69) is 53.4 Å². The highest BCUT2D eigenvalue weighted by atomic mass is 15.1. The molecule has 1 heterocycles. The predicted octanol–water partition coefficient (Wildman–Crippen LogP) is 2.75. The number of benzene rings is 2. The van der Waals surface area contributed by atoms with E-state index in [0.29, 0.717) is 0 Å². The van der Waals surface area contributed by atoms with Crippen LogP contribution in [0.5, 0.6) is 0 Å². The first-order valence-corrected chi connectivity index (χ1v) is 6.98. The fourth-order valence-electron chi connectivity index (χ4n) is 2.94. The molecule has 0 aliphatic carbocycles. The second kappa shape index (κ2) is 5.45. The fourth-order valence-corrected chi connectivity index (χ4v) is 2.94. The van der Waals surface area contributed by atoms with Crippen LogP contribution in [0, 0.1) is 0 Å². The van der Waals surface area contributed by atoms with E-state index in [0.717, 1.165) is 32.5 Å². The highest BCUT2D eigenvalue weighted by Crippen LogP contribution is 2.33. The molecule has 0 spiro atoms. The minimum absolute atomic E-state index is 0.718. The predicted molar refractivity (Wildman–Crippen MR) is 80.4 cm³/mol. The third kappa shape index (κ3) is 2.49. The summed E-state index contributed by atoms with van der Waals surface area (Å²) in [7, 11) is 0. The van der Waals surface area contributed by atoms with Crippen molar-refractivity contribution in [1.82, 2.24) is 0 Å². The number of nitrogens with zero attached hydrogens (tertiary/aromatic N) is 1. The van der Waals surface area contributed by atoms with Crippen LogP contribution in [0.25, 0.3) is 0 Å². The molecular formula is C17H20N2. The van der Waals surface area contributed by atoms with Gasteiger partial charge in [0.15, 0.2) is 0 Å². The summed E-state index contributed by atoms with van der Waals surface area (Å²) < 4.78 is 0. The second-order valence-electron chi connectivity index (χ2n) is 5.12. The van der Waals surface area contributed by atoms with E-state index in [4.69, 9.17) is 5.73 Å². The van der Waals surface area contributed by atoms with Crippen molar-refractivity contribution in [3.8, 4) is 0 Å². The van der Waals surface area contributed by atoms with Crippen LogP contribution in [-0.4, -0.2) is 13.1 Å². The van der Waals surface area contributed by atoms with Crippen molar-refractivity contribution < 1.29 is 0 Å². The largest absolute Gasteiger partial charge is 0.366 e. The van der Waals surface area contributed by atoms with Gasteiger partial charge in [-0.2, -0.15) is 0 Å². The molecule has 2 aromatic carbocycles. The smallest absolute Gasteiger partial charge is 0.0435 e. The van der Waals surface area contributed by atoms with Crippen molar-refractivity contribution in [2.24, 2.45) is 5.73 Å². The molecule has 19 heavy (non-hydrogen) atoms. The van der Waals surface area contributed by atoms with Crippen LogP contribution in [0.15, 0.2) is 48.5 Å². The van der Waals surface area contributed by atoms with Gasteiger partial charge >= 0.3 is 0 Å². The summed E-state index contributed by atoms with van der Waals surface area (Å²) >= 11 is 0. The van der Waals surface area contributed by atoms with Gasteiger partial charge in [-0.3, -0.25) is 0 Å². The number of fused-ring (bicyclic) bond motifs is 1. The maximum absolute atomic E-state index is 5.73. The van der Waals surface area contributed by atoms with Crippen molar-refractivity contribution in [2.75, 3.05) is 18.0 Å². The lowest BCUT2D eigenvalue weighted by molar-refractivity contribution is 0.828. The van der Waals surface area contributed by atoms with E-state index in [-0.39, 0.29) is 0 Å². The number of hydrogen-bond donors (Lipinski definition) is 1. The van der Waals surface area contributed by atoms with Crippen LogP contribution >= 0.6 is 0 Å². The van der Waals surface area contributed by atoms with Crippen LogP contribution in [-0.2, 0) is 19.4 Å². The molecule has 2 nitrogen and oxygen atoms in total. The van der Waals surface area contributed by atoms with Gasteiger partial charge in [0.1, 0.15) is 0 Å². The van der Waals surface area contributed by atoms with Gasteiger partial charge in [-0.05, 0) is 36.1 Å². The zero-order valence-corrected chi connectivity index (χ0v) is 11.2. The van der Waals surface area contributed by atoms with Crippen LogP contribution in [0.1, 0.15) is 16.7 Å². The molecule has 0 radical (unpaired) electrons. The van der Waals surface area contributed by atoms with Crippen LogP contribution in [0.2, 0.25) is 0 Å². The summed E-state index contributed by atoms with van der Waals surface area (Å²) in [5.74, 6) is 0. The number of anilines is 1. The molecule has 2 aromatic rings. The van der Waals surface area contributed by atoms with Crippen LogP contribution < -0.4 is 10.6 Å². The summed E-state index contributed by atoms with van der Waals surface area (Å²) in [5, 5.41) is 0. The Bertz CT molecular complexity index is 548. The van der Waals surface area contributed by atoms with Gasteiger partial charge in [-0.25, -0.2) is 0 Å². The topological polar surface area (TPSA) is 29.3 Å². The Balaban J connectivity index is 1.88. The van der Waals surface area contributed by atoms with Gasteiger partial charge < -0.3 is 10.6 Å². The first-order chi connectivity index (χ1) is 9.38. The van der Waals surface area contributed by atoms with Gasteiger partial charge in [-0.15, -0.1) is 0 Å². The number of hydrogen-bond acceptors (Lipinski definition) is 2. The molecule has 0 fully saturated rings. The molecule has 0 saturated carbocycles. The number of rotatable bonds is 4. The van der Waals surface area contributed by atoms with Crippen molar-refractivity contribution in [2.45, 2.75) is 19.4 Å². The van der Waals surface area contributed by atoms with E-state index in [1.807, 2.05) is 0 Å². The zero-order valence-electron chi connectivity index (χ0n) is 11.2. The van der Waals surface area contributed by atoms with Crippen LogP contribution in [0.4, 0.5) is 5.69 Å². The minimum atomic E-state index is 0.718. The monoisotopic (exact) mass is 252 g/mol.